The average Bonchev–Trinajstić information content (AvgIpc) is 3.08. The Morgan fingerprint density at radius 3 is 2.95 bits per heavy atom. The van der Waals surface area contributed by atoms with Gasteiger partial charge in [0.05, 0.1) is 19.0 Å². The summed E-state index contributed by atoms with van der Waals surface area (Å²) in [5.41, 5.74) is 6.41. The molecule has 1 aliphatic heterocycles. The van der Waals surface area contributed by atoms with Crippen LogP contribution >= 0.6 is 0 Å². The zero-order chi connectivity index (χ0) is 14.3. The molecule has 20 heavy (non-hydrogen) atoms. The summed E-state index contributed by atoms with van der Waals surface area (Å²) in [6.07, 6.45) is 0.000947. The number of aromatic nitrogens is 4. The molecule has 108 valence electrons. The molecule has 0 unspecified atom stereocenters. The highest BCUT2D eigenvalue weighted by Gasteiger charge is 2.35. The van der Waals surface area contributed by atoms with E-state index in [9.17, 15) is 5.11 Å². The zero-order valence-corrected chi connectivity index (χ0v) is 10.8. The Morgan fingerprint density at radius 1 is 1.55 bits per heavy atom. The summed E-state index contributed by atoms with van der Waals surface area (Å²) in [6, 6.07) is 0. The number of imidazole rings is 1. The molecule has 0 radical (unpaired) electrons. The van der Waals surface area contributed by atoms with Gasteiger partial charge in [-0.05, 0) is 0 Å². The summed E-state index contributed by atoms with van der Waals surface area (Å²) in [5, 5.41) is 22.6. The van der Waals surface area contributed by atoms with Gasteiger partial charge >= 0.3 is 0 Å². The molecule has 9 nitrogen and oxygen atoms in total. The number of hydrogen-bond donors (Lipinski definition) is 3. The Kier molecular flexibility index (Phi) is 3.16. The van der Waals surface area contributed by atoms with E-state index in [0.717, 1.165) is 0 Å². The van der Waals surface area contributed by atoms with E-state index >= 15 is 0 Å². The lowest BCUT2D eigenvalue weighted by Gasteiger charge is -2.14. The summed E-state index contributed by atoms with van der Waals surface area (Å²) in [7, 11) is 0. The highest BCUT2D eigenvalue weighted by Crippen LogP contribution is 2.33. The number of rotatable bonds is 3. The molecule has 1 saturated heterocycles. The van der Waals surface area contributed by atoms with E-state index in [4.69, 9.17) is 20.1 Å². The van der Waals surface area contributed by atoms with Crippen molar-refractivity contribution in [3.8, 4) is 11.5 Å². The standard InChI is InChI=1S/C11H15N5O4/c1-5-14-11(15-20-5)9-10(12)16(4-13-9)8-2-6(18)7(3-17)19-8/h4,6-8,17-18H,2-3,12H2,1H3/t6-,7+,8+/m0/s1. The van der Waals surface area contributed by atoms with Crippen molar-refractivity contribution in [2.45, 2.75) is 31.8 Å². The van der Waals surface area contributed by atoms with E-state index in [1.54, 1.807) is 11.5 Å². The minimum Gasteiger partial charge on any atom is -0.394 e. The van der Waals surface area contributed by atoms with Crippen LogP contribution in [0.4, 0.5) is 5.82 Å². The summed E-state index contributed by atoms with van der Waals surface area (Å²) in [5.74, 6) is 1.04. The molecule has 0 spiro atoms. The van der Waals surface area contributed by atoms with Crippen LogP contribution in [0, 0.1) is 6.92 Å². The number of aryl methyl sites for hydroxylation is 1. The van der Waals surface area contributed by atoms with Gasteiger partial charge in [0.25, 0.3) is 0 Å². The Labute approximate surface area is 114 Å². The van der Waals surface area contributed by atoms with Gasteiger partial charge in [-0.3, -0.25) is 4.57 Å². The molecule has 1 aliphatic rings. The molecule has 2 aromatic heterocycles. The lowest BCUT2D eigenvalue weighted by molar-refractivity contribution is -0.0436. The van der Waals surface area contributed by atoms with Crippen LogP contribution in [0.2, 0.25) is 0 Å². The molecular weight excluding hydrogens is 266 g/mol. The highest BCUT2D eigenvalue weighted by molar-refractivity contribution is 5.63. The minimum absolute atomic E-state index is 0.247. The van der Waals surface area contributed by atoms with E-state index < -0.39 is 18.4 Å². The molecular formula is C11H15N5O4. The van der Waals surface area contributed by atoms with Crippen LogP contribution in [0.15, 0.2) is 10.9 Å². The van der Waals surface area contributed by atoms with Crippen molar-refractivity contribution in [1.29, 1.82) is 0 Å². The first-order chi connectivity index (χ1) is 9.60. The Hall–Kier alpha value is -1.97. The molecule has 0 saturated carbocycles. The molecule has 4 N–H and O–H groups in total. The number of nitrogens with zero attached hydrogens (tertiary/aromatic N) is 4. The van der Waals surface area contributed by atoms with Crippen molar-refractivity contribution in [3.05, 3.63) is 12.2 Å². The number of aliphatic hydroxyl groups excluding tert-OH is 2. The van der Waals surface area contributed by atoms with Crippen LogP contribution in [-0.4, -0.2) is 48.7 Å². The third-order valence-corrected chi connectivity index (χ3v) is 3.27. The minimum atomic E-state index is -0.734. The number of hydrogen-bond acceptors (Lipinski definition) is 8. The largest absolute Gasteiger partial charge is 0.394 e. The smallest absolute Gasteiger partial charge is 0.224 e. The van der Waals surface area contributed by atoms with Crippen molar-refractivity contribution >= 4 is 5.82 Å². The van der Waals surface area contributed by atoms with E-state index in [1.807, 2.05) is 0 Å². The molecule has 0 aliphatic carbocycles. The van der Waals surface area contributed by atoms with E-state index in [1.165, 1.54) is 6.33 Å². The van der Waals surface area contributed by atoms with Gasteiger partial charge in [0.2, 0.25) is 11.7 Å². The monoisotopic (exact) mass is 281 g/mol. The van der Waals surface area contributed by atoms with Crippen LogP contribution in [0.3, 0.4) is 0 Å². The van der Waals surface area contributed by atoms with Crippen molar-refractivity contribution in [2.75, 3.05) is 12.3 Å². The number of nitrogens with two attached hydrogens (primary N) is 1. The topological polar surface area (TPSA) is 132 Å². The molecule has 0 amide bonds. The molecule has 3 heterocycles. The SMILES string of the molecule is Cc1nc(-c2ncn([C@H]3C[C@H](O)[C@@H](CO)O3)c2N)no1. The summed E-state index contributed by atoms with van der Waals surface area (Å²) in [6.45, 7) is 1.43. The Balaban J connectivity index is 1.88. The van der Waals surface area contributed by atoms with Gasteiger partial charge in [0, 0.05) is 13.3 Å². The first-order valence-corrected chi connectivity index (χ1v) is 6.17. The molecule has 1 fully saturated rings. The Bertz CT molecular complexity index is 610. The predicted molar refractivity (Wildman–Crippen MR) is 66.3 cm³/mol. The summed E-state index contributed by atoms with van der Waals surface area (Å²) >= 11 is 0. The maximum atomic E-state index is 9.74. The van der Waals surface area contributed by atoms with Crippen molar-refractivity contribution in [3.63, 3.8) is 0 Å². The van der Waals surface area contributed by atoms with Gasteiger partial charge in [-0.2, -0.15) is 4.98 Å². The normalized spacial score (nSPS) is 26.2. The summed E-state index contributed by atoms with van der Waals surface area (Å²) < 4.78 is 12.0. The van der Waals surface area contributed by atoms with Crippen molar-refractivity contribution < 1.29 is 19.5 Å². The van der Waals surface area contributed by atoms with Gasteiger partial charge in [0.1, 0.15) is 18.1 Å². The molecule has 3 atom stereocenters. The second kappa shape index (κ2) is 4.85. The first-order valence-electron chi connectivity index (χ1n) is 6.17. The predicted octanol–water partition coefficient (Wildman–Crippen LogP) is -0.536. The molecule has 9 heteroatoms. The maximum absolute atomic E-state index is 9.74. The average molecular weight is 281 g/mol. The quantitative estimate of drug-likeness (QED) is 0.683. The molecule has 0 aromatic carbocycles. The second-order valence-corrected chi connectivity index (χ2v) is 4.64. The molecule has 0 bridgehead atoms. The lowest BCUT2D eigenvalue weighted by Crippen LogP contribution is -2.24. The highest BCUT2D eigenvalue weighted by atomic mass is 16.5. The zero-order valence-electron chi connectivity index (χ0n) is 10.8. The fourth-order valence-corrected chi connectivity index (χ4v) is 2.22. The van der Waals surface area contributed by atoms with Crippen molar-refractivity contribution in [1.82, 2.24) is 19.7 Å². The number of anilines is 1. The Morgan fingerprint density at radius 2 is 2.35 bits per heavy atom. The number of aliphatic hydroxyl groups is 2. The molecule has 3 rings (SSSR count). The van der Waals surface area contributed by atoms with Crippen molar-refractivity contribution in [2.24, 2.45) is 0 Å². The molecule has 2 aromatic rings. The van der Waals surface area contributed by atoms with E-state index in [-0.39, 0.29) is 6.61 Å². The third kappa shape index (κ3) is 2.05. The van der Waals surface area contributed by atoms with E-state index in [0.29, 0.717) is 29.6 Å². The number of nitrogen functional groups attached to an aromatic ring is 1. The third-order valence-electron chi connectivity index (χ3n) is 3.27. The van der Waals surface area contributed by atoms with Crippen LogP contribution in [0.5, 0.6) is 0 Å². The van der Waals surface area contributed by atoms with Gasteiger partial charge in [-0.15, -0.1) is 0 Å². The lowest BCUT2D eigenvalue weighted by atomic mass is 10.2. The van der Waals surface area contributed by atoms with E-state index in [2.05, 4.69) is 15.1 Å². The second-order valence-electron chi connectivity index (χ2n) is 4.64. The maximum Gasteiger partial charge on any atom is 0.224 e. The van der Waals surface area contributed by atoms with Gasteiger partial charge in [-0.25, -0.2) is 4.98 Å². The van der Waals surface area contributed by atoms with Crippen LogP contribution in [0.1, 0.15) is 18.5 Å². The van der Waals surface area contributed by atoms with Gasteiger partial charge in [-0.1, -0.05) is 5.16 Å². The van der Waals surface area contributed by atoms with Crippen LogP contribution in [0.25, 0.3) is 11.5 Å². The van der Waals surface area contributed by atoms with Gasteiger partial charge in [0.15, 0.2) is 5.69 Å². The van der Waals surface area contributed by atoms with Crippen LogP contribution in [-0.2, 0) is 4.74 Å². The van der Waals surface area contributed by atoms with Gasteiger partial charge < -0.3 is 25.2 Å². The fraction of sp³-hybridized carbons (Fsp3) is 0.545. The fourth-order valence-electron chi connectivity index (χ4n) is 2.22. The first kappa shape index (κ1) is 13.0. The summed E-state index contributed by atoms with van der Waals surface area (Å²) in [4.78, 5) is 8.21. The number of ether oxygens (including phenoxy) is 1. The van der Waals surface area contributed by atoms with Crippen LogP contribution < -0.4 is 5.73 Å².